The Balaban J connectivity index is 1.80. The molecule has 0 bridgehead atoms. The van der Waals surface area contributed by atoms with Gasteiger partial charge in [-0.1, -0.05) is 0 Å². The number of hydrogen-bond donors (Lipinski definition) is 2. The van der Waals surface area contributed by atoms with Crippen molar-refractivity contribution in [2.75, 3.05) is 0 Å². The van der Waals surface area contributed by atoms with E-state index in [9.17, 15) is 45.5 Å². The molecule has 0 radical (unpaired) electrons. The third kappa shape index (κ3) is 4.34. The van der Waals surface area contributed by atoms with Crippen molar-refractivity contribution < 1.29 is 35.1 Å². The number of H-pyrrole nitrogens is 2. The second kappa shape index (κ2) is 8.87. The Labute approximate surface area is 207 Å². The molecule has 19 heteroatoms. The zero-order chi connectivity index (χ0) is 27.2. The zero-order valence-corrected chi connectivity index (χ0v) is 20.3. The minimum atomic E-state index is -4.93. The standard InChI is InChI=1S/C18H12N6O10S3/c25-23(26)11-1-5-13(6-2-11)35(29,30)15-9-19-22-18(15)37(33,34)16-10-20-21-17(16)36(31,32)14-7-3-12(4-8-14)24(27)28/h1-10H,(H,19,22)(H,20,21). The van der Waals surface area contributed by atoms with E-state index in [4.69, 9.17) is 0 Å². The minimum Gasteiger partial charge on any atom is -0.266 e. The van der Waals surface area contributed by atoms with Crippen LogP contribution in [-0.4, -0.2) is 55.5 Å². The number of sulfone groups is 3. The summed E-state index contributed by atoms with van der Waals surface area (Å²) in [5.74, 6) is 0. The summed E-state index contributed by atoms with van der Waals surface area (Å²) in [6, 6.07) is 7.22. The molecule has 4 rings (SSSR count). The summed E-state index contributed by atoms with van der Waals surface area (Å²) in [5, 5.41) is 30.8. The molecule has 4 aromatic rings. The van der Waals surface area contributed by atoms with Crippen LogP contribution in [0, 0.1) is 20.2 Å². The van der Waals surface area contributed by atoms with E-state index in [1.807, 2.05) is 5.10 Å². The van der Waals surface area contributed by atoms with Gasteiger partial charge in [0.05, 0.1) is 32.0 Å². The molecule has 0 aliphatic rings. The van der Waals surface area contributed by atoms with E-state index in [2.05, 4.69) is 15.3 Å². The van der Waals surface area contributed by atoms with Crippen LogP contribution in [0.5, 0.6) is 0 Å². The first-order valence-corrected chi connectivity index (χ1v) is 14.0. The molecule has 192 valence electrons. The lowest BCUT2D eigenvalue weighted by atomic mass is 10.3. The maximum Gasteiger partial charge on any atom is 0.269 e. The van der Waals surface area contributed by atoms with E-state index in [1.54, 1.807) is 0 Å². The highest BCUT2D eigenvalue weighted by Gasteiger charge is 2.37. The number of rotatable bonds is 8. The summed E-state index contributed by atoms with van der Waals surface area (Å²) in [5.41, 5.74) is -0.812. The highest BCUT2D eigenvalue weighted by Crippen LogP contribution is 2.34. The molecule has 2 heterocycles. The Kier molecular flexibility index (Phi) is 6.14. The molecular weight excluding hydrogens is 556 g/mol. The van der Waals surface area contributed by atoms with E-state index in [-0.39, 0.29) is 0 Å². The molecule has 2 aromatic carbocycles. The number of nitrogens with zero attached hydrogens (tertiary/aromatic N) is 4. The maximum atomic E-state index is 13.4. The first kappa shape index (κ1) is 25.6. The van der Waals surface area contributed by atoms with Crippen molar-refractivity contribution in [3.8, 4) is 0 Å². The van der Waals surface area contributed by atoms with Crippen molar-refractivity contribution >= 4 is 40.9 Å². The van der Waals surface area contributed by atoms with Gasteiger partial charge in [0, 0.05) is 24.3 Å². The van der Waals surface area contributed by atoms with Crippen molar-refractivity contribution in [1.29, 1.82) is 0 Å². The molecule has 2 N–H and O–H groups in total. The topological polar surface area (TPSA) is 246 Å². The van der Waals surface area contributed by atoms with Crippen LogP contribution in [0.15, 0.2) is 90.6 Å². The third-order valence-corrected chi connectivity index (χ3v) is 10.5. The van der Waals surface area contributed by atoms with Gasteiger partial charge in [-0.25, -0.2) is 25.3 Å². The Morgan fingerprint density at radius 3 is 1.32 bits per heavy atom. The molecule has 0 saturated heterocycles. The number of aromatic amines is 2. The average Bonchev–Trinajstić information content (AvgIpc) is 3.56. The lowest BCUT2D eigenvalue weighted by molar-refractivity contribution is -0.385. The lowest BCUT2D eigenvalue weighted by Gasteiger charge is -2.08. The molecule has 0 fully saturated rings. The van der Waals surface area contributed by atoms with Crippen LogP contribution < -0.4 is 0 Å². The van der Waals surface area contributed by atoms with Gasteiger partial charge in [0.15, 0.2) is 10.1 Å². The molecule has 2 aromatic heterocycles. The Morgan fingerprint density at radius 1 is 0.568 bits per heavy atom. The van der Waals surface area contributed by atoms with Gasteiger partial charge >= 0.3 is 0 Å². The second-order valence-corrected chi connectivity index (χ2v) is 12.8. The van der Waals surface area contributed by atoms with E-state index in [0.717, 1.165) is 48.5 Å². The second-order valence-electron chi connectivity index (χ2n) is 7.14. The van der Waals surface area contributed by atoms with E-state index in [1.165, 1.54) is 0 Å². The normalized spacial score (nSPS) is 12.3. The number of nitrogens with one attached hydrogen (secondary N) is 2. The van der Waals surface area contributed by atoms with Gasteiger partial charge in [0.1, 0.15) is 9.79 Å². The maximum absolute atomic E-state index is 13.4. The summed E-state index contributed by atoms with van der Waals surface area (Å²) < 4.78 is 79.2. The number of aromatic nitrogens is 4. The molecule has 0 saturated carbocycles. The Bertz CT molecular complexity index is 1730. The smallest absolute Gasteiger partial charge is 0.266 e. The number of nitro benzene ring substituents is 2. The summed E-state index contributed by atoms with van der Waals surface area (Å²) in [6.45, 7) is 0. The van der Waals surface area contributed by atoms with Crippen molar-refractivity contribution in [3.05, 3.63) is 81.2 Å². The van der Waals surface area contributed by atoms with Gasteiger partial charge < -0.3 is 0 Å². The van der Waals surface area contributed by atoms with Crippen LogP contribution in [0.4, 0.5) is 11.4 Å². The van der Waals surface area contributed by atoms with Crippen molar-refractivity contribution in [2.24, 2.45) is 0 Å². The molecule has 0 spiro atoms. The lowest BCUT2D eigenvalue weighted by Crippen LogP contribution is -2.13. The largest absolute Gasteiger partial charge is 0.269 e. The molecule has 37 heavy (non-hydrogen) atoms. The summed E-state index contributed by atoms with van der Waals surface area (Å²) in [4.78, 5) is 17.4. The van der Waals surface area contributed by atoms with Gasteiger partial charge in [-0.05, 0) is 24.3 Å². The van der Waals surface area contributed by atoms with Crippen LogP contribution in [0.25, 0.3) is 0 Å². The van der Waals surface area contributed by atoms with Gasteiger partial charge in [-0.3, -0.25) is 30.4 Å². The van der Waals surface area contributed by atoms with Crippen LogP contribution in [0.1, 0.15) is 0 Å². The fraction of sp³-hybridized carbons (Fsp3) is 0. The summed E-state index contributed by atoms with van der Waals surface area (Å²) in [7, 11) is -14.1. The predicted octanol–water partition coefficient (Wildman–Crippen LogP) is 1.45. The van der Waals surface area contributed by atoms with Crippen LogP contribution in [0.2, 0.25) is 0 Å². The van der Waals surface area contributed by atoms with Crippen molar-refractivity contribution in [3.63, 3.8) is 0 Å². The molecule has 0 unspecified atom stereocenters. The van der Waals surface area contributed by atoms with E-state index in [0.29, 0.717) is 12.4 Å². The quantitative estimate of drug-likeness (QED) is 0.226. The third-order valence-electron chi connectivity index (χ3n) is 4.98. The minimum absolute atomic E-state index is 0.404. The van der Waals surface area contributed by atoms with Crippen LogP contribution in [-0.2, 0) is 29.5 Å². The van der Waals surface area contributed by atoms with E-state index >= 15 is 0 Å². The predicted molar refractivity (Wildman–Crippen MR) is 120 cm³/mol. The number of hydrogen-bond acceptors (Lipinski definition) is 12. The Morgan fingerprint density at radius 2 is 0.919 bits per heavy atom. The molecule has 0 aliphatic heterocycles. The van der Waals surface area contributed by atoms with Crippen molar-refractivity contribution in [2.45, 2.75) is 29.6 Å². The molecule has 0 aliphatic carbocycles. The zero-order valence-electron chi connectivity index (χ0n) is 17.9. The van der Waals surface area contributed by atoms with Crippen molar-refractivity contribution in [1.82, 2.24) is 20.4 Å². The number of benzene rings is 2. The summed E-state index contributed by atoms with van der Waals surface area (Å²) >= 11 is 0. The fourth-order valence-corrected chi connectivity index (χ4v) is 8.10. The number of non-ortho nitro benzene ring substituents is 2. The first-order valence-electron chi connectivity index (χ1n) is 9.59. The molecule has 0 amide bonds. The average molecular weight is 569 g/mol. The number of nitro groups is 2. The van der Waals surface area contributed by atoms with Crippen LogP contribution >= 0.6 is 0 Å². The van der Waals surface area contributed by atoms with Gasteiger partial charge in [0.25, 0.3) is 11.4 Å². The highest BCUT2D eigenvalue weighted by atomic mass is 32.2. The van der Waals surface area contributed by atoms with Crippen LogP contribution in [0.3, 0.4) is 0 Å². The molecule has 0 atom stereocenters. The molecule has 16 nitrogen and oxygen atoms in total. The fourth-order valence-electron chi connectivity index (χ4n) is 3.14. The van der Waals surface area contributed by atoms with Gasteiger partial charge in [-0.2, -0.15) is 10.2 Å². The van der Waals surface area contributed by atoms with E-state index < -0.39 is 80.4 Å². The van der Waals surface area contributed by atoms with Gasteiger partial charge in [-0.15, -0.1) is 0 Å². The Hall–Kier alpha value is -4.49. The highest BCUT2D eigenvalue weighted by molar-refractivity contribution is 7.96. The summed E-state index contributed by atoms with van der Waals surface area (Å²) in [6.07, 6.45) is 1.34. The SMILES string of the molecule is O=[N+]([O-])c1ccc(S(=O)(=O)c2cn[nH]c2S(=O)(=O)c2cn[nH]c2S(=O)(=O)c2ccc([N+](=O)[O-])cc2)cc1. The monoisotopic (exact) mass is 568 g/mol. The first-order chi connectivity index (χ1) is 17.3. The van der Waals surface area contributed by atoms with Gasteiger partial charge in [0.2, 0.25) is 29.5 Å². The molecular formula is C18H12N6O10S3.